The van der Waals surface area contributed by atoms with Crippen LogP contribution in [0, 0.1) is 11.5 Å². The van der Waals surface area contributed by atoms with Crippen molar-refractivity contribution in [1.82, 2.24) is 29.8 Å². The monoisotopic (exact) mass is 452 g/mol. The lowest BCUT2D eigenvalue weighted by Gasteiger charge is -2.13. The van der Waals surface area contributed by atoms with Crippen LogP contribution in [0.3, 0.4) is 0 Å². The van der Waals surface area contributed by atoms with Gasteiger partial charge in [-0.2, -0.15) is 5.10 Å². The second kappa shape index (κ2) is 8.19. The number of rotatable bonds is 4. The average molecular weight is 453 g/mol. The molecule has 0 aliphatic carbocycles. The Morgan fingerprint density at radius 3 is 2.73 bits per heavy atom. The van der Waals surface area contributed by atoms with Crippen LogP contribution in [-0.2, 0) is 13.6 Å². The van der Waals surface area contributed by atoms with E-state index in [1.165, 1.54) is 0 Å². The third-order valence-corrected chi connectivity index (χ3v) is 6.06. The molecule has 164 valence electrons. The summed E-state index contributed by atoms with van der Waals surface area (Å²) in [5.41, 5.74) is 9.00. The molecule has 33 heavy (non-hydrogen) atoms. The maximum absolute atomic E-state index is 6.34. The Morgan fingerprint density at radius 2 is 1.88 bits per heavy atom. The van der Waals surface area contributed by atoms with Crippen LogP contribution >= 0.6 is 0 Å². The second-order valence-electron chi connectivity index (χ2n) is 9.00. The van der Waals surface area contributed by atoms with E-state index in [4.69, 9.17) is 4.74 Å². The van der Waals surface area contributed by atoms with Crippen LogP contribution in [0.25, 0.3) is 22.1 Å². The molecule has 3 aromatic heterocycles. The van der Waals surface area contributed by atoms with Gasteiger partial charge in [-0.15, -0.1) is 10.6 Å². The van der Waals surface area contributed by atoms with E-state index in [-0.39, 0.29) is 0 Å². The van der Waals surface area contributed by atoms with Crippen molar-refractivity contribution in [3.63, 3.8) is 0 Å². The Kier molecular flexibility index (Phi) is 5.19. The van der Waals surface area contributed by atoms with Gasteiger partial charge in [-0.25, -0.2) is 4.68 Å². The van der Waals surface area contributed by atoms with E-state index in [2.05, 4.69) is 57.6 Å². The first-order valence-electron chi connectivity index (χ1n) is 10.8. The maximum Gasteiger partial charge on any atom is 0.132 e. The fraction of sp³-hybridized carbons (Fsp3) is 0.200. The molecule has 0 aliphatic heterocycles. The van der Waals surface area contributed by atoms with Gasteiger partial charge in [0.15, 0.2) is 0 Å². The van der Waals surface area contributed by atoms with Crippen molar-refractivity contribution in [1.29, 1.82) is 0 Å². The fourth-order valence-electron chi connectivity index (χ4n) is 3.54. The van der Waals surface area contributed by atoms with Gasteiger partial charge >= 0.3 is 0 Å². The lowest BCUT2D eigenvalue weighted by atomic mass is 10.1. The largest absolute Gasteiger partial charge is 0.457 e. The van der Waals surface area contributed by atoms with Gasteiger partial charge in [0.05, 0.1) is 23.8 Å². The summed E-state index contributed by atoms with van der Waals surface area (Å²) in [7, 11) is 0.380. The Hall–Kier alpha value is -3.96. The van der Waals surface area contributed by atoms with Gasteiger partial charge in [-0.1, -0.05) is 30.8 Å². The highest BCUT2D eigenvalue weighted by Crippen LogP contribution is 2.29. The number of hydrogen-bond donors (Lipinski definition) is 0. The second-order valence-corrected chi connectivity index (χ2v) is 13.7. The predicted molar refractivity (Wildman–Crippen MR) is 132 cm³/mol. The molecule has 5 rings (SSSR count). The molecule has 5 aromatic rings. The van der Waals surface area contributed by atoms with Gasteiger partial charge in [0.1, 0.15) is 30.6 Å². The number of aryl methyl sites for hydroxylation is 1. The predicted octanol–water partition coefficient (Wildman–Crippen LogP) is 4.78. The summed E-state index contributed by atoms with van der Waals surface area (Å²) in [6, 6.07) is 15.8. The van der Waals surface area contributed by atoms with Gasteiger partial charge in [0.2, 0.25) is 0 Å². The maximum atomic E-state index is 6.34. The first kappa shape index (κ1) is 20.9. The number of ether oxygens (including phenoxy) is 1. The molecule has 0 spiro atoms. The van der Waals surface area contributed by atoms with Crippen molar-refractivity contribution in [3.8, 4) is 23.0 Å². The molecule has 7 nitrogen and oxygen atoms in total. The van der Waals surface area contributed by atoms with Crippen molar-refractivity contribution < 1.29 is 4.74 Å². The van der Waals surface area contributed by atoms with Gasteiger partial charge < -0.3 is 4.74 Å². The van der Waals surface area contributed by atoms with Crippen LogP contribution in [0.1, 0.15) is 11.1 Å². The number of aromatic nitrogens is 6. The fourth-order valence-corrected chi connectivity index (χ4v) is 4.06. The molecule has 0 fully saturated rings. The third-order valence-electron chi connectivity index (χ3n) is 5.19. The first-order valence-corrected chi connectivity index (χ1v) is 14.3. The smallest absolute Gasteiger partial charge is 0.132 e. The molecular formula is C25H24N6OSi. The van der Waals surface area contributed by atoms with Crippen LogP contribution in [-0.4, -0.2) is 37.8 Å². The zero-order valence-electron chi connectivity index (χ0n) is 19.1. The lowest BCUT2D eigenvalue weighted by molar-refractivity contribution is 0.473. The van der Waals surface area contributed by atoms with E-state index < -0.39 is 8.07 Å². The van der Waals surface area contributed by atoms with E-state index in [1.807, 2.05) is 54.2 Å². The van der Waals surface area contributed by atoms with Crippen molar-refractivity contribution in [2.45, 2.75) is 26.2 Å². The highest BCUT2D eigenvalue weighted by molar-refractivity contribution is 6.83. The summed E-state index contributed by atoms with van der Waals surface area (Å²) < 4.78 is 10.0. The van der Waals surface area contributed by atoms with Crippen molar-refractivity contribution in [3.05, 3.63) is 72.1 Å². The molecule has 0 saturated heterocycles. The number of nitrogens with zero attached hydrogens (tertiary/aromatic N) is 6. The molecule has 3 heterocycles. The first-order chi connectivity index (χ1) is 15.9. The normalized spacial score (nSPS) is 11.5. The number of benzene rings is 2. The molecule has 0 radical (unpaired) electrons. The third kappa shape index (κ3) is 4.49. The Labute approximate surface area is 193 Å². The molecule has 8 heteroatoms. The summed E-state index contributed by atoms with van der Waals surface area (Å²) >= 11 is 0. The van der Waals surface area contributed by atoms with Crippen LogP contribution < -0.4 is 4.74 Å². The van der Waals surface area contributed by atoms with E-state index in [0.717, 1.165) is 44.7 Å². The summed E-state index contributed by atoms with van der Waals surface area (Å²) in [6.07, 6.45) is 3.56. The number of hydrogen-bond acceptors (Lipinski definition) is 5. The Morgan fingerprint density at radius 1 is 1.00 bits per heavy atom. The van der Waals surface area contributed by atoms with Crippen LogP contribution in [0.15, 0.2) is 60.9 Å². The molecular weight excluding hydrogens is 428 g/mol. The van der Waals surface area contributed by atoms with Crippen molar-refractivity contribution >= 4 is 30.1 Å². The van der Waals surface area contributed by atoms with Crippen LogP contribution in [0.2, 0.25) is 19.6 Å². The zero-order valence-corrected chi connectivity index (χ0v) is 20.1. The van der Waals surface area contributed by atoms with Crippen LogP contribution in [0.4, 0.5) is 0 Å². The van der Waals surface area contributed by atoms with Gasteiger partial charge in [-0.05, 0) is 42.5 Å². The highest BCUT2D eigenvalue weighted by atomic mass is 28.3. The minimum absolute atomic E-state index is 0.544. The zero-order chi connectivity index (χ0) is 23.0. The molecule has 0 aliphatic rings. The standard InChI is InChI=1S/C25H24N6OSi/c1-30-24-15-20(8-9-21(24)28-29-30)32-25-10-7-18(11-13-33(2,3)4)14-19(25)17-31-23-6-5-12-26-22(23)16-27-31/h5-10,12,14-16H,17H2,1-4H3. The molecule has 2 aromatic carbocycles. The topological polar surface area (TPSA) is 70.7 Å². The van der Waals surface area contributed by atoms with Gasteiger partial charge in [0.25, 0.3) is 0 Å². The molecule has 0 N–H and O–H groups in total. The molecule has 0 atom stereocenters. The number of pyridine rings is 1. The molecule has 0 bridgehead atoms. The minimum atomic E-state index is -1.49. The van der Waals surface area contributed by atoms with E-state index in [9.17, 15) is 0 Å². The minimum Gasteiger partial charge on any atom is -0.457 e. The van der Waals surface area contributed by atoms with E-state index in [0.29, 0.717) is 6.54 Å². The Bertz CT molecular complexity index is 1530. The quantitative estimate of drug-likeness (QED) is 0.290. The summed E-state index contributed by atoms with van der Waals surface area (Å²) in [6.45, 7) is 7.27. The van der Waals surface area contributed by atoms with Crippen molar-refractivity contribution in [2.75, 3.05) is 0 Å². The number of fused-ring (bicyclic) bond motifs is 2. The Balaban J connectivity index is 1.55. The highest BCUT2D eigenvalue weighted by Gasteiger charge is 2.12. The lowest BCUT2D eigenvalue weighted by Crippen LogP contribution is -2.16. The van der Waals surface area contributed by atoms with Gasteiger partial charge in [0, 0.05) is 30.4 Å². The van der Waals surface area contributed by atoms with E-state index in [1.54, 1.807) is 17.1 Å². The summed E-state index contributed by atoms with van der Waals surface area (Å²) in [5.74, 6) is 4.84. The molecule has 0 unspecified atom stereocenters. The molecule has 0 saturated carbocycles. The summed E-state index contributed by atoms with van der Waals surface area (Å²) in [4.78, 5) is 4.39. The summed E-state index contributed by atoms with van der Waals surface area (Å²) in [5, 5.41) is 12.8. The molecule has 0 amide bonds. The average Bonchev–Trinajstić information content (AvgIpc) is 3.37. The van der Waals surface area contributed by atoms with Crippen LogP contribution in [0.5, 0.6) is 11.5 Å². The van der Waals surface area contributed by atoms with Crippen molar-refractivity contribution in [2.24, 2.45) is 7.05 Å². The SMILES string of the molecule is Cn1nnc2ccc(Oc3ccc(C#C[Si](C)(C)C)cc3Cn3ncc4ncccc43)cc21. The van der Waals surface area contributed by atoms with E-state index >= 15 is 0 Å². The van der Waals surface area contributed by atoms with Gasteiger partial charge in [-0.3, -0.25) is 9.67 Å².